The van der Waals surface area contributed by atoms with E-state index in [0.29, 0.717) is 17.4 Å². The van der Waals surface area contributed by atoms with Gasteiger partial charge in [0.2, 0.25) is 0 Å². The standard InChI is InChI=1S/C25H24FN/c1-2-19-7-12-22(13-8-19)23-14-9-20(10-15-23)5-3-4-6-21-11-16-24(18-27)25(26)17-21/h3,5,7-8,11-13,16-17,20,23H,2,9-10,14-15H2,1H3/t20-,23-. The molecule has 0 amide bonds. The third kappa shape index (κ3) is 5.08. The number of benzene rings is 2. The van der Waals surface area contributed by atoms with Gasteiger partial charge in [0.1, 0.15) is 11.9 Å². The fraction of sp³-hybridized carbons (Fsp3) is 0.320. The SMILES string of the molecule is CCc1ccc([C@H]2CC[C@H](C=CC#Cc3ccc(C#N)c(F)c3)CC2)cc1. The molecule has 1 fully saturated rings. The van der Waals surface area contributed by atoms with Crippen LogP contribution in [0.3, 0.4) is 0 Å². The summed E-state index contributed by atoms with van der Waals surface area (Å²) in [6.07, 6.45) is 9.96. The number of allylic oxidation sites excluding steroid dienone is 2. The molecule has 0 atom stereocenters. The van der Waals surface area contributed by atoms with Crippen LogP contribution in [0, 0.1) is 34.9 Å². The molecular weight excluding hydrogens is 333 g/mol. The molecular formula is C25H24FN. The zero-order chi connectivity index (χ0) is 19.1. The Morgan fingerprint density at radius 2 is 1.81 bits per heavy atom. The Labute approximate surface area is 161 Å². The van der Waals surface area contributed by atoms with Crippen molar-refractivity contribution in [3.63, 3.8) is 0 Å². The fourth-order valence-electron chi connectivity index (χ4n) is 3.66. The average molecular weight is 357 g/mol. The molecule has 0 bridgehead atoms. The van der Waals surface area contributed by atoms with E-state index in [0.717, 1.165) is 6.42 Å². The number of nitriles is 1. The lowest BCUT2D eigenvalue weighted by Gasteiger charge is -2.27. The summed E-state index contributed by atoms with van der Waals surface area (Å²) in [5, 5.41) is 8.75. The molecule has 0 N–H and O–H groups in total. The minimum atomic E-state index is -0.515. The number of aryl methyl sites for hydroxylation is 1. The van der Waals surface area contributed by atoms with E-state index in [9.17, 15) is 4.39 Å². The van der Waals surface area contributed by atoms with Crippen LogP contribution in [0.25, 0.3) is 0 Å². The van der Waals surface area contributed by atoms with Gasteiger partial charge in [-0.05, 0) is 79.3 Å². The van der Waals surface area contributed by atoms with Crippen LogP contribution >= 0.6 is 0 Å². The van der Waals surface area contributed by atoms with E-state index in [-0.39, 0.29) is 5.56 Å². The normalized spacial score (nSPS) is 19.3. The van der Waals surface area contributed by atoms with Crippen LogP contribution in [-0.4, -0.2) is 0 Å². The van der Waals surface area contributed by atoms with Crippen LogP contribution in [0.4, 0.5) is 4.39 Å². The lowest BCUT2D eigenvalue weighted by Crippen LogP contribution is -2.11. The van der Waals surface area contributed by atoms with Crippen molar-refractivity contribution in [2.45, 2.75) is 44.9 Å². The van der Waals surface area contributed by atoms with Gasteiger partial charge < -0.3 is 0 Å². The van der Waals surface area contributed by atoms with Gasteiger partial charge in [-0.1, -0.05) is 49.1 Å². The predicted octanol–water partition coefficient (Wildman–Crippen LogP) is 6.14. The monoisotopic (exact) mass is 357 g/mol. The fourth-order valence-corrected chi connectivity index (χ4v) is 3.66. The average Bonchev–Trinajstić information content (AvgIpc) is 2.72. The minimum Gasteiger partial charge on any atom is -0.206 e. The van der Waals surface area contributed by atoms with Gasteiger partial charge in [0.15, 0.2) is 0 Å². The van der Waals surface area contributed by atoms with Gasteiger partial charge in [-0.3, -0.25) is 0 Å². The highest BCUT2D eigenvalue weighted by Crippen LogP contribution is 2.36. The lowest BCUT2D eigenvalue weighted by molar-refractivity contribution is 0.376. The quantitative estimate of drug-likeness (QED) is 0.605. The van der Waals surface area contributed by atoms with E-state index < -0.39 is 5.82 Å². The molecule has 0 unspecified atom stereocenters. The van der Waals surface area contributed by atoms with E-state index in [1.54, 1.807) is 6.07 Å². The van der Waals surface area contributed by atoms with Gasteiger partial charge in [-0.2, -0.15) is 5.26 Å². The van der Waals surface area contributed by atoms with Crippen molar-refractivity contribution in [3.05, 3.63) is 82.7 Å². The van der Waals surface area contributed by atoms with E-state index in [2.05, 4.69) is 49.1 Å². The van der Waals surface area contributed by atoms with Crippen molar-refractivity contribution in [3.8, 4) is 17.9 Å². The molecule has 2 heteroatoms. The lowest BCUT2D eigenvalue weighted by atomic mass is 9.78. The van der Waals surface area contributed by atoms with E-state index in [4.69, 9.17) is 5.26 Å². The highest BCUT2D eigenvalue weighted by atomic mass is 19.1. The molecule has 27 heavy (non-hydrogen) atoms. The maximum atomic E-state index is 13.6. The second-order valence-electron chi connectivity index (χ2n) is 7.14. The molecule has 0 aromatic heterocycles. The molecule has 0 aliphatic heterocycles. The Balaban J connectivity index is 1.52. The minimum absolute atomic E-state index is 0.0529. The number of hydrogen-bond acceptors (Lipinski definition) is 1. The van der Waals surface area contributed by atoms with Crippen molar-refractivity contribution >= 4 is 0 Å². The van der Waals surface area contributed by atoms with Crippen LogP contribution in [0.2, 0.25) is 0 Å². The number of hydrogen-bond donors (Lipinski definition) is 0. The molecule has 0 spiro atoms. The Morgan fingerprint density at radius 1 is 1.07 bits per heavy atom. The first-order valence-corrected chi connectivity index (χ1v) is 9.66. The second-order valence-corrected chi connectivity index (χ2v) is 7.14. The van der Waals surface area contributed by atoms with Gasteiger partial charge in [-0.15, -0.1) is 0 Å². The molecule has 1 aliphatic rings. The molecule has 2 aromatic carbocycles. The Morgan fingerprint density at radius 3 is 2.44 bits per heavy atom. The zero-order valence-electron chi connectivity index (χ0n) is 15.7. The Kier molecular flexibility index (Phi) is 6.45. The van der Waals surface area contributed by atoms with Gasteiger partial charge in [0.25, 0.3) is 0 Å². The summed E-state index contributed by atoms with van der Waals surface area (Å²) >= 11 is 0. The van der Waals surface area contributed by atoms with Crippen LogP contribution in [0.15, 0.2) is 54.6 Å². The van der Waals surface area contributed by atoms with Gasteiger partial charge in [0.05, 0.1) is 5.56 Å². The molecule has 1 saturated carbocycles. The summed E-state index contributed by atoms with van der Waals surface area (Å²) in [4.78, 5) is 0. The van der Waals surface area contributed by atoms with Crippen LogP contribution in [0.5, 0.6) is 0 Å². The van der Waals surface area contributed by atoms with Crippen molar-refractivity contribution in [2.24, 2.45) is 5.92 Å². The summed E-state index contributed by atoms with van der Waals surface area (Å²) < 4.78 is 13.6. The summed E-state index contributed by atoms with van der Waals surface area (Å²) in [7, 11) is 0. The number of nitrogens with zero attached hydrogens (tertiary/aromatic N) is 1. The Hall–Kier alpha value is -2.84. The van der Waals surface area contributed by atoms with Crippen molar-refractivity contribution < 1.29 is 4.39 Å². The molecule has 0 radical (unpaired) electrons. The smallest absolute Gasteiger partial charge is 0.142 e. The first-order chi connectivity index (χ1) is 13.2. The van der Waals surface area contributed by atoms with E-state index in [1.807, 2.05) is 12.1 Å². The second kappa shape index (κ2) is 9.20. The maximum absolute atomic E-state index is 13.6. The molecule has 0 saturated heterocycles. The summed E-state index contributed by atoms with van der Waals surface area (Å²) in [6.45, 7) is 2.19. The van der Waals surface area contributed by atoms with E-state index in [1.165, 1.54) is 48.9 Å². The van der Waals surface area contributed by atoms with Gasteiger partial charge >= 0.3 is 0 Å². The van der Waals surface area contributed by atoms with Gasteiger partial charge in [0, 0.05) is 5.56 Å². The predicted molar refractivity (Wildman–Crippen MR) is 108 cm³/mol. The zero-order valence-corrected chi connectivity index (χ0v) is 15.7. The van der Waals surface area contributed by atoms with Crippen LogP contribution < -0.4 is 0 Å². The first-order valence-electron chi connectivity index (χ1n) is 9.66. The maximum Gasteiger partial charge on any atom is 0.142 e. The van der Waals surface area contributed by atoms with Crippen molar-refractivity contribution in [2.75, 3.05) is 0 Å². The summed E-state index contributed by atoms with van der Waals surface area (Å²) in [5.74, 6) is 6.66. The molecule has 2 aromatic rings. The largest absolute Gasteiger partial charge is 0.206 e. The molecule has 1 nitrogen and oxygen atoms in total. The van der Waals surface area contributed by atoms with Crippen LogP contribution in [-0.2, 0) is 6.42 Å². The van der Waals surface area contributed by atoms with Crippen molar-refractivity contribution in [1.82, 2.24) is 0 Å². The number of rotatable bonds is 3. The summed E-state index contributed by atoms with van der Waals surface area (Å²) in [5.41, 5.74) is 3.51. The highest BCUT2D eigenvalue weighted by molar-refractivity contribution is 5.42. The highest BCUT2D eigenvalue weighted by Gasteiger charge is 2.20. The molecule has 0 heterocycles. The third-order valence-corrected chi connectivity index (χ3v) is 5.39. The Bertz CT molecular complexity index is 898. The molecule has 1 aliphatic carbocycles. The van der Waals surface area contributed by atoms with Crippen molar-refractivity contribution in [1.29, 1.82) is 5.26 Å². The molecule has 3 rings (SSSR count). The molecule has 136 valence electrons. The topological polar surface area (TPSA) is 23.8 Å². The van der Waals surface area contributed by atoms with Gasteiger partial charge in [-0.25, -0.2) is 4.39 Å². The van der Waals surface area contributed by atoms with Crippen LogP contribution in [0.1, 0.15) is 60.8 Å². The first kappa shape index (κ1) is 18.9. The summed E-state index contributed by atoms with van der Waals surface area (Å²) in [6, 6.07) is 15.4. The third-order valence-electron chi connectivity index (χ3n) is 5.39. The number of halogens is 1. The van der Waals surface area contributed by atoms with E-state index >= 15 is 0 Å².